The fraction of sp³-hybridized carbons (Fsp3) is 0.111. The molecule has 27 heavy (non-hydrogen) atoms. The predicted octanol–water partition coefficient (Wildman–Crippen LogP) is 3.37. The zero-order valence-electron chi connectivity index (χ0n) is 13.9. The summed E-state index contributed by atoms with van der Waals surface area (Å²) >= 11 is 6.03. The van der Waals surface area contributed by atoms with E-state index in [-0.39, 0.29) is 17.1 Å². The minimum atomic E-state index is -0.847. The molecule has 9 heteroatoms. The van der Waals surface area contributed by atoms with E-state index in [1.165, 1.54) is 24.3 Å². The van der Waals surface area contributed by atoms with Gasteiger partial charge in [0.1, 0.15) is 5.92 Å². The van der Waals surface area contributed by atoms with Crippen molar-refractivity contribution in [3.8, 4) is 0 Å². The quantitative estimate of drug-likeness (QED) is 0.552. The van der Waals surface area contributed by atoms with Gasteiger partial charge in [-0.25, -0.2) is 4.79 Å². The highest BCUT2D eigenvalue weighted by atomic mass is 35.5. The number of nitro groups is 1. The lowest BCUT2D eigenvalue weighted by atomic mass is 9.88. The lowest BCUT2D eigenvalue weighted by Crippen LogP contribution is -2.51. The molecular weight excluding hydrogens is 372 g/mol. The smallest absolute Gasteiger partial charge is 0.319 e. The number of anilines is 1. The maximum Gasteiger partial charge on any atom is 0.319 e. The molecule has 1 aliphatic rings. The van der Waals surface area contributed by atoms with Crippen LogP contribution in [0.5, 0.6) is 0 Å². The van der Waals surface area contributed by atoms with E-state index in [9.17, 15) is 19.7 Å². The second kappa shape index (κ2) is 7.46. The van der Waals surface area contributed by atoms with Gasteiger partial charge in [0.15, 0.2) is 0 Å². The Labute approximate surface area is 159 Å². The van der Waals surface area contributed by atoms with Gasteiger partial charge in [-0.1, -0.05) is 36.4 Å². The van der Waals surface area contributed by atoms with Crippen LogP contribution in [0.3, 0.4) is 0 Å². The van der Waals surface area contributed by atoms with Crippen molar-refractivity contribution in [3.05, 3.63) is 81.5 Å². The maximum absolute atomic E-state index is 12.9. The van der Waals surface area contributed by atoms with Gasteiger partial charge >= 0.3 is 6.03 Å². The molecule has 138 valence electrons. The van der Waals surface area contributed by atoms with Crippen LogP contribution < -0.4 is 16.0 Å². The highest BCUT2D eigenvalue weighted by Gasteiger charge is 2.38. The molecule has 0 bridgehead atoms. The van der Waals surface area contributed by atoms with Crippen molar-refractivity contribution in [2.75, 3.05) is 5.32 Å². The number of carbonyl (C=O) groups excluding carboxylic acids is 2. The largest absolute Gasteiger partial charge is 0.330 e. The fourth-order valence-electron chi connectivity index (χ4n) is 2.89. The Morgan fingerprint density at radius 3 is 2.67 bits per heavy atom. The number of benzene rings is 2. The van der Waals surface area contributed by atoms with Crippen LogP contribution in [0.4, 0.5) is 16.2 Å². The van der Waals surface area contributed by atoms with E-state index < -0.39 is 28.8 Å². The van der Waals surface area contributed by atoms with E-state index in [2.05, 4.69) is 22.5 Å². The fourth-order valence-corrected chi connectivity index (χ4v) is 3.09. The third kappa shape index (κ3) is 4.06. The first-order valence-corrected chi connectivity index (χ1v) is 8.30. The molecule has 3 rings (SSSR count). The molecule has 2 atom stereocenters. The molecule has 0 aliphatic carbocycles. The van der Waals surface area contributed by atoms with Crippen LogP contribution in [0.25, 0.3) is 0 Å². The van der Waals surface area contributed by atoms with Crippen molar-refractivity contribution < 1.29 is 14.5 Å². The molecule has 2 aromatic carbocycles. The minimum absolute atomic E-state index is 0.145. The summed E-state index contributed by atoms with van der Waals surface area (Å²) in [5.74, 6) is -1.32. The van der Waals surface area contributed by atoms with Gasteiger partial charge in [-0.3, -0.25) is 14.9 Å². The number of hydrogen-bond acceptors (Lipinski definition) is 4. The molecule has 8 nitrogen and oxygen atoms in total. The molecule has 0 radical (unpaired) electrons. The van der Waals surface area contributed by atoms with Gasteiger partial charge in [-0.05, 0) is 23.8 Å². The number of non-ortho nitro benzene ring substituents is 1. The van der Waals surface area contributed by atoms with Gasteiger partial charge < -0.3 is 16.0 Å². The Morgan fingerprint density at radius 1 is 1.22 bits per heavy atom. The van der Waals surface area contributed by atoms with Crippen LogP contribution in [0.2, 0.25) is 5.02 Å². The maximum atomic E-state index is 12.9. The normalized spacial score (nSPS) is 19.0. The summed E-state index contributed by atoms with van der Waals surface area (Å²) in [4.78, 5) is 35.1. The van der Waals surface area contributed by atoms with Gasteiger partial charge in [0.2, 0.25) is 5.91 Å². The third-order valence-electron chi connectivity index (χ3n) is 4.08. The second-order valence-corrected chi connectivity index (χ2v) is 6.37. The summed E-state index contributed by atoms with van der Waals surface area (Å²) in [6.07, 6.45) is 0. The first kappa shape index (κ1) is 18.4. The zero-order chi connectivity index (χ0) is 19.6. The predicted molar refractivity (Wildman–Crippen MR) is 100 cm³/mol. The van der Waals surface area contributed by atoms with Gasteiger partial charge in [0, 0.05) is 28.5 Å². The standard InChI is InChI=1S/C18H15ClN4O4/c1-10-15(17(24)21-13-6-3-7-14(9-13)23(26)27)16(22-18(25)20-10)11-4-2-5-12(19)8-11/h2-9,15-16H,1H2,(H,21,24)(H2,20,22,25)/t15-,16-/m1/s1. The van der Waals surface area contributed by atoms with Crippen molar-refractivity contribution in [1.82, 2.24) is 10.6 Å². The van der Waals surface area contributed by atoms with E-state index in [0.717, 1.165) is 0 Å². The second-order valence-electron chi connectivity index (χ2n) is 5.93. The topological polar surface area (TPSA) is 113 Å². The van der Waals surface area contributed by atoms with Gasteiger partial charge in [0.25, 0.3) is 5.69 Å². The first-order valence-electron chi connectivity index (χ1n) is 7.92. The molecule has 1 heterocycles. The Bertz CT molecular complexity index is 946. The van der Waals surface area contributed by atoms with Crippen LogP contribution in [0.15, 0.2) is 60.8 Å². The Hall–Kier alpha value is -3.39. The van der Waals surface area contributed by atoms with E-state index in [4.69, 9.17) is 11.6 Å². The number of halogens is 1. The number of rotatable bonds is 4. The molecule has 2 aromatic rings. The average Bonchev–Trinajstić information content (AvgIpc) is 2.61. The number of amides is 3. The number of carbonyl (C=O) groups is 2. The summed E-state index contributed by atoms with van der Waals surface area (Å²) in [7, 11) is 0. The monoisotopic (exact) mass is 386 g/mol. The summed E-state index contributed by atoms with van der Waals surface area (Å²) in [5.41, 5.74) is 0.973. The van der Waals surface area contributed by atoms with E-state index in [1.54, 1.807) is 24.3 Å². The molecular formula is C18H15ClN4O4. The van der Waals surface area contributed by atoms with Crippen molar-refractivity contribution in [2.45, 2.75) is 6.04 Å². The van der Waals surface area contributed by atoms with Gasteiger partial charge in [-0.15, -0.1) is 0 Å². The molecule has 0 unspecified atom stereocenters. The van der Waals surface area contributed by atoms with Crippen molar-refractivity contribution >= 4 is 34.9 Å². The lowest BCUT2D eigenvalue weighted by Gasteiger charge is -2.34. The molecule has 0 saturated carbocycles. The van der Waals surface area contributed by atoms with Crippen LogP contribution in [0, 0.1) is 16.0 Å². The van der Waals surface area contributed by atoms with Gasteiger partial charge in [-0.2, -0.15) is 0 Å². The summed E-state index contributed by atoms with van der Waals surface area (Å²) in [6.45, 7) is 3.78. The Morgan fingerprint density at radius 2 is 1.96 bits per heavy atom. The number of nitrogens with zero attached hydrogens (tertiary/aromatic N) is 1. The Balaban J connectivity index is 1.90. The number of urea groups is 1. The van der Waals surface area contributed by atoms with Gasteiger partial charge in [0.05, 0.1) is 11.0 Å². The average molecular weight is 387 g/mol. The molecule has 0 spiro atoms. The van der Waals surface area contributed by atoms with Crippen LogP contribution in [0.1, 0.15) is 11.6 Å². The van der Waals surface area contributed by atoms with E-state index in [1.807, 2.05) is 0 Å². The molecule has 1 aliphatic heterocycles. The van der Waals surface area contributed by atoms with Crippen molar-refractivity contribution in [1.29, 1.82) is 0 Å². The minimum Gasteiger partial charge on any atom is -0.330 e. The van der Waals surface area contributed by atoms with Crippen LogP contribution >= 0.6 is 11.6 Å². The highest BCUT2D eigenvalue weighted by molar-refractivity contribution is 6.30. The van der Waals surface area contributed by atoms with Crippen LogP contribution in [-0.4, -0.2) is 16.9 Å². The summed E-state index contributed by atoms with van der Waals surface area (Å²) in [6, 6.07) is 11.2. The molecule has 3 N–H and O–H groups in total. The highest BCUT2D eigenvalue weighted by Crippen LogP contribution is 2.32. The van der Waals surface area contributed by atoms with E-state index in [0.29, 0.717) is 10.6 Å². The first-order chi connectivity index (χ1) is 12.8. The number of hydrogen-bond donors (Lipinski definition) is 3. The van der Waals surface area contributed by atoms with Crippen LogP contribution in [-0.2, 0) is 4.79 Å². The zero-order valence-corrected chi connectivity index (χ0v) is 14.7. The molecule has 0 aromatic heterocycles. The molecule has 1 fully saturated rings. The summed E-state index contributed by atoms with van der Waals surface area (Å²) < 4.78 is 0. The number of nitro benzene ring substituents is 1. The Kier molecular flexibility index (Phi) is 5.09. The summed E-state index contributed by atoms with van der Waals surface area (Å²) in [5, 5.41) is 19.2. The van der Waals surface area contributed by atoms with E-state index >= 15 is 0 Å². The van der Waals surface area contributed by atoms with Crippen molar-refractivity contribution in [2.24, 2.45) is 5.92 Å². The SMILES string of the molecule is C=C1NC(=O)N[C@H](c2cccc(Cl)c2)[C@@H]1C(=O)Nc1cccc([N+](=O)[O-])c1. The molecule has 1 saturated heterocycles. The number of nitrogens with one attached hydrogen (secondary N) is 3. The lowest BCUT2D eigenvalue weighted by molar-refractivity contribution is -0.384. The third-order valence-corrected chi connectivity index (χ3v) is 4.32. The molecule has 3 amide bonds. The van der Waals surface area contributed by atoms with Crippen molar-refractivity contribution in [3.63, 3.8) is 0 Å².